The predicted octanol–water partition coefficient (Wildman–Crippen LogP) is 4.70. The van der Waals surface area contributed by atoms with Crippen LogP contribution in [-0.4, -0.2) is 45.5 Å². The van der Waals surface area contributed by atoms with Crippen molar-refractivity contribution in [2.24, 2.45) is 5.92 Å². The molecule has 37 heavy (non-hydrogen) atoms. The maximum absolute atomic E-state index is 13.3. The lowest BCUT2D eigenvalue weighted by Gasteiger charge is -2.25. The summed E-state index contributed by atoms with van der Waals surface area (Å²) in [4.78, 5) is 24.0. The molecular weight excluding hydrogens is 536 g/mol. The number of aryl methyl sites for hydroxylation is 1. The van der Waals surface area contributed by atoms with Crippen LogP contribution in [0.5, 0.6) is 0 Å². The van der Waals surface area contributed by atoms with E-state index >= 15 is 0 Å². The molecule has 6 rings (SSSR count). The lowest BCUT2D eigenvalue weighted by molar-refractivity contribution is -0.145. The minimum Gasteiger partial charge on any atom is -0.298 e. The first-order valence-corrected chi connectivity index (χ1v) is 13.1. The Hall–Kier alpha value is -2.96. The largest absolute Gasteiger partial charge is 0.451 e. The van der Waals surface area contributed by atoms with Crippen molar-refractivity contribution in [1.82, 2.24) is 19.3 Å². The first-order chi connectivity index (χ1) is 17.4. The molecular formula is C24H19ClF4N4O3S. The number of alkyl halides is 3. The summed E-state index contributed by atoms with van der Waals surface area (Å²) in [5.41, 5.74) is 1.06. The highest BCUT2D eigenvalue weighted by Crippen LogP contribution is 2.49. The van der Waals surface area contributed by atoms with Crippen LogP contribution in [0.15, 0.2) is 53.8 Å². The monoisotopic (exact) mass is 554 g/mol. The third-order valence-corrected chi connectivity index (χ3v) is 8.95. The highest BCUT2D eigenvalue weighted by atomic mass is 35.5. The molecule has 2 saturated heterocycles. The minimum atomic E-state index is -4.68. The molecule has 0 amide bonds. The molecule has 0 radical (unpaired) electrons. The van der Waals surface area contributed by atoms with Crippen LogP contribution in [0.25, 0.3) is 11.1 Å². The van der Waals surface area contributed by atoms with Gasteiger partial charge in [0.05, 0.1) is 16.0 Å². The fourth-order valence-corrected chi connectivity index (χ4v) is 6.95. The van der Waals surface area contributed by atoms with E-state index in [1.807, 2.05) is 0 Å². The van der Waals surface area contributed by atoms with E-state index in [0.29, 0.717) is 24.1 Å². The zero-order chi connectivity index (χ0) is 26.5. The van der Waals surface area contributed by atoms with Gasteiger partial charge in [0.1, 0.15) is 5.82 Å². The number of hydrogen-bond acceptors (Lipinski definition) is 6. The molecule has 1 aromatic carbocycles. The molecule has 1 saturated carbocycles. The van der Waals surface area contributed by atoms with Gasteiger partial charge in [0.25, 0.3) is 0 Å². The van der Waals surface area contributed by atoms with Gasteiger partial charge in [0.2, 0.25) is 15.8 Å². The van der Waals surface area contributed by atoms with Gasteiger partial charge in [-0.1, -0.05) is 11.6 Å². The van der Waals surface area contributed by atoms with Gasteiger partial charge in [-0.2, -0.15) is 17.5 Å². The van der Waals surface area contributed by atoms with E-state index in [-0.39, 0.29) is 46.1 Å². The number of fused-ring (bicyclic) bond motifs is 1. The average molecular weight is 555 g/mol. The zero-order valence-corrected chi connectivity index (χ0v) is 20.6. The molecule has 0 unspecified atom stereocenters. The quantitative estimate of drug-likeness (QED) is 0.393. The molecule has 2 aliphatic heterocycles. The van der Waals surface area contributed by atoms with Crippen molar-refractivity contribution in [1.29, 1.82) is 0 Å². The second-order valence-corrected chi connectivity index (χ2v) is 11.3. The molecule has 1 aliphatic carbocycles. The van der Waals surface area contributed by atoms with Crippen LogP contribution < -0.4 is 0 Å². The summed E-state index contributed by atoms with van der Waals surface area (Å²) in [6, 6.07) is 4.97. The van der Waals surface area contributed by atoms with Gasteiger partial charge in [-0.3, -0.25) is 9.78 Å². The van der Waals surface area contributed by atoms with Crippen molar-refractivity contribution >= 4 is 27.4 Å². The van der Waals surface area contributed by atoms with E-state index in [1.54, 1.807) is 6.07 Å². The number of rotatable bonds is 7. The molecule has 1 atom stereocenters. The Morgan fingerprint density at radius 1 is 1.05 bits per heavy atom. The van der Waals surface area contributed by atoms with Crippen molar-refractivity contribution < 1.29 is 30.8 Å². The Kier molecular flexibility index (Phi) is 6.53. The number of nitrogens with zero attached hydrogens (tertiary/aromatic N) is 4. The maximum Gasteiger partial charge on any atom is 0.451 e. The zero-order valence-electron chi connectivity index (χ0n) is 19.0. The number of carbonyl (C=O) groups is 1. The molecule has 0 N–H and O–H groups in total. The lowest BCUT2D eigenvalue weighted by Crippen LogP contribution is -2.41. The van der Waals surface area contributed by atoms with Crippen LogP contribution >= 0.6 is 11.6 Å². The Morgan fingerprint density at radius 3 is 2.32 bits per heavy atom. The van der Waals surface area contributed by atoms with Gasteiger partial charge >= 0.3 is 6.18 Å². The fourth-order valence-electron chi connectivity index (χ4n) is 4.86. The van der Waals surface area contributed by atoms with E-state index in [4.69, 9.17) is 11.6 Å². The minimum absolute atomic E-state index is 0.000901. The summed E-state index contributed by atoms with van der Waals surface area (Å²) in [6.07, 6.45) is 0.0227. The molecule has 3 aromatic rings. The Labute approximate surface area is 214 Å². The number of hydrogen-bond donors (Lipinski definition) is 0. The first-order valence-electron chi connectivity index (χ1n) is 11.3. The maximum atomic E-state index is 13.3. The number of benzene rings is 1. The molecule has 2 bridgehead atoms. The smallest absolute Gasteiger partial charge is 0.298 e. The molecule has 7 nitrogen and oxygen atoms in total. The third-order valence-electron chi connectivity index (χ3n) is 6.71. The van der Waals surface area contributed by atoms with Crippen molar-refractivity contribution in [3.05, 3.63) is 71.3 Å². The van der Waals surface area contributed by atoms with E-state index in [1.165, 1.54) is 22.6 Å². The summed E-state index contributed by atoms with van der Waals surface area (Å²) < 4.78 is 79.3. The Balaban J connectivity index is 1.32. The van der Waals surface area contributed by atoms with Crippen LogP contribution in [0.1, 0.15) is 30.8 Å². The highest BCUT2D eigenvalue weighted by molar-refractivity contribution is 7.89. The van der Waals surface area contributed by atoms with Crippen LogP contribution in [0.4, 0.5) is 17.6 Å². The van der Waals surface area contributed by atoms with Gasteiger partial charge in [-0.25, -0.2) is 22.8 Å². The molecule has 2 aromatic heterocycles. The normalized spacial score (nSPS) is 21.6. The van der Waals surface area contributed by atoms with E-state index in [0.717, 1.165) is 24.5 Å². The number of carbonyl (C=O) groups excluding carboxylic acids is 1. The number of sulfonamides is 1. The molecule has 194 valence electrons. The van der Waals surface area contributed by atoms with Crippen molar-refractivity contribution in [2.75, 3.05) is 0 Å². The lowest BCUT2D eigenvalue weighted by atomic mass is 9.81. The number of halogens is 5. The molecule has 13 heteroatoms. The van der Waals surface area contributed by atoms with Crippen LogP contribution in [0.2, 0.25) is 5.02 Å². The third kappa shape index (κ3) is 4.85. The van der Waals surface area contributed by atoms with Crippen LogP contribution in [0.3, 0.4) is 0 Å². The summed E-state index contributed by atoms with van der Waals surface area (Å²) in [5, 5.41) is 0.173. The van der Waals surface area contributed by atoms with Gasteiger partial charge in [-0.05, 0) is 55.5 Å². The summed E-state index contributed by atoms with van der Waals surface area (Å²) >= 11 is 6.18. The standard InChI is InChI=1S/C24H19ClF4N4O3S/c25-20-12-30-16(9-19(20)14-10-31-23(32-11-14)24(27,28)29)3-6-21(34)22-13-7-17(8-13)33(22)37(35,36)18-4-1-15(26)2-5-18/h1-2,4-5,9-13,17,22H,3,6-8H2/t13?,17?,22-/m0/s1. The Bertz CT molecular complexity index is 1440. The Morgan fingerprint density at radius 2 is 1.70 bits per heavy atom. The summed E-state index contributed by atoms with van der Waals surface area (Å²) in [7, 11) is -3.98. The van der Waals surface area contributed by atoms with Gasteiger partial charge in [-0.15, -0.1) is 0 Å². The number of aromatic nitrogens is 3. The topological polar surface area (TPSA) is 93.1 Å². The molecule has 3 fully saturated rings. The molecule has 3 aliphatic rings. The van der Waals surface area contributed by atoms with E-state index in [9.17, 15) is 30.8 Å². The molecule has 0 spiro atoms. The molecule has 4 heterocycles. The van der Waals surface area contributed by atoms with E-state index < -0.39 is 33.9 Å². The van der Waals surface area contributed by atoms with Crippen LogP contribution in [0, 0.1) is 11.7 Å². The van der Waals surface area contributed by atoms with Gasteiger partial charge in [0, 0.05) is 47.9 Å². The first kappa shape index (κ1) is 25.7. The van der Waals surface area contributed by atoms with Crippen molar-refractivity contribution in [3.63, 3.8) is 0 Å². The highest BCUT2D eigenvalue weighted by Gasteiger charge is 2.58. The van der Waals surface area contributed by atoms with Crippen molar-refractivity contribution in [2.45, 2.75) is 48.8 Å². The van der Waals surface area contributed by atoms with Crippen LogP contribution in [-0.2, 0) is 27.4 Å². The van der Waals surface area contributed by atoms with Gasteiger partial charge < -0.3 is 0 Å². The second-order valence-electron chi connectivity index (χ2n) is 9.03. The SMILES string of the molecule is O=C(CCc1cc(-c2cnc(C(F)(F)F)nc2)c(Cl)cn1)[C@@H]1C2CC(C2)N1S(=O)(=O)c1ccc(F)cc1. The number of ketones is 1. The number of Topliss-reactive ketones (excluding diaryl/α,β-unsaturated/α-hetero) is 1. The fraction of sp³-hybridized carbons (Fsp3) is 0.333. The predicted molar refractivity (Wildman–Crippen MR) is 124 cm³/mol. The van der Waals surface area contributed by atoms with E-state index in [2.05, 4.69) is 15.0 Å². The summed E-state index contributed by atoms with van der Waals surface area (Å²) in [6.45, 7) is 0. The van der Waals surface area contributed by atoms with Crippen molar-refractivity contribution in [3.8, 4) is 11.1 Å². The summed E-state index contributed by atoms with van der Waals surface area (Å²) in [5.74, 6) is -2.17. The number of pyridine rings is 1. The van der Waals surface area contributed by atoms with Gasteiger partial charge in [0.15, 0.2) is 5.78 Å². The average Bonchev–Trinajstić information content (AvgIpc) is 3.41. The second kappa shape index (κ2) is 9.41.